The van der Waals surface area contributed by atoms with Crippen molar-refractivity contribution in [3.63, 3.8) is 0 Å². The molecule has 2 heterocycles. The molecule has 0 fully saturated rings. The van der Waals surface area contributed by atoms with Gasteiger partial charge < -0.3 is 29.9 Å². The van der Waals surface area contributed by atoms with E-state index in [9.17, 15) is 24.6 Å². The lowest BCUT2D eigenvalue weighted by atomic mass is 10.1. The summed E-state index contributed by atoms with van der Waals surface area (Å²) >= 11 is 0. The van der Waals surface area contributed by atoms with Crippen LogP contribution in [0.5, 0.6) is 11.5 Å². The van der Waals surface area contributed by atoms with Gasteiger partial charge in [0.15, 0.2) is 11.5 Å². The van der Waals surface area contributed by atoms with Gasteiger partial charge in [-0.2, -0.15) is 0 Å². The van der Waals surface area contributed by atoms with Crippen molar-refractivity contribution >= 4 is 23.5 Å². The number of hydrogen-bond acceptors (Lipinski definition) is 6. The maximum Gasteiger partial charge on any atom is 0.335 e. The number of amides is 1. The lowest BCUT2D eigenvalue weighted by Crippen LogP contribution is -2.42. The molecule has 156 valence electrons. The molecule has 2 aromatic carbocycles. The lowest BCUT2D eigenvalue weighted by Gasteiger charge is -2.24. The van der Waals surface area contributed by atoms with Crippen LogP contribution in [0.25, 0.3) is 0 Å². The molecular formula is C21H20N2O7. The number of carboxylic acids is 2. The number of nitrogens with zero attached hydrogens (tertiary/aromatic N) is 1. The van der Waals surface area contributed by atoms with Crippen LogP contribution in [0, 0.1) is 0 Å². The molecule has 4 rings (SSSR count). The fourth-order valence-electron chi connectivity index (χ4n) is 3.61. The highest BCUT2D eigenvalue weighted by atomic mass is 16.7. The summed E-state index contributed by atoms with van der Waals surface area (Å²) in [5, 5.41) is 21.5. The highest BCUT2D eigenvalue weighted by molar-refractivity contribution is 5.92. The van der Waals surface area contributed by atoms with Crippen LogP contribution >= 0.6 is 0 Å². The van der Waals surface area contributed by atoms with E-state index < -0.39 is 18.0 Å². The first-order valence-electron chi connectivity index (χ1n) is 9.42. The van der Waals surface area contributed by atoms with Gasteiger partial charge in [-0.05, 0) is 47.9 Å². The molecule has 3 N–H and O–H groups in total. The average molecular weight is 412 g/mol. The molecule has 0 saturated heterocycles. The minimum absolute atomic E-state index is 0.107. The summed E-state index contributed by atoms with van der Waals surface area (Å²) in [7, 11) is 0. The summed E-state index contributed by atoms with van der Waals surface area (Å²) in [5.41, 5.74) is 2.24. The molecule has 0 spiro atoms. The van der Waals surface area contributed by atoms with E-state index >= 15 is 0 Å². The molecule has 2 aliphatic rings. The molecule has 2 aliphatic heterocycles. The second-order valence-electron chi connectivity index (χ2n) is 7.17. The standard InChI is InChI=1S/C21H20N2O7/c24-19(25)9-16-20(26)23(6-5-12-1-4-17-18(7-12)30-11-29-17)10-14-8-13(21(27)28)2-3-15(14)22-16/h1-4,7-8,16,22H,5-6,9-11H2,(H,24,25)(H,27,28). The summed E-state index contributed by atoms with van der Waals surface area (Å²) in [6.07, 6.45) is 0.148. The zero-order valence-corrected chi connectivity index (χ0v) is 16.0. The predicted molar refractivity (Wildman–Crippen MR) is 105 cm³/mol. The van der Waals surface area contributed by atoms with Crippen LogP contribution in [0.3, 0.4) is 0 Å². The van der Waals surface area contributed by atoms with Crippen molar-refractivity contribution < 1.29 is 34.1 Å². The lowest BCUT2D eigenvalue weighted by molar-refractivity contribution is -0.141. The maximum atomic E-state index is 13.0. The second kappa shape index (κ2) is 7.94. The molecule has 0 aliphatic carbocycles. The van der Waals surface area contributed by atoms with Gasteiger partial charge >= 0.3 is 11.9 Å². The molecule has 9 nitrogen and oxygen atoms in total. The molecule has 2 aromatic rings. The monoisotopic (exact) mass is 412 g/mol. The first-order chi connectivity index (χ1) is 14.4. The third-order valence-electron chi connectivity index (χ3n) is 5.14. The Labute approximate surface area is 171 Å². The van der Waals surface area contributed by atoms with Gasteiger partial charge in [0.2, 0.25) is 12.7 Å². The van der Waals surface area contributed by atoms with Crippen LogP contribution in [0.2, 0.25) is 0 Å². The van der Waals surface area contributed by atoms with E-state index in [1.807, 2.05) is 18.2 Å². The van der Waals surface area contributed by atoms with E-state index in [1.165, 1.54) is 12.1 Å². The van der Waals surface area contributed by atoms with Gasteiger partial charge in [0.05, 0.1) is 12.0 Å². The topological polar surface area (TPSA) is 125 Å². The van der Waals surface area contributed by atoms with Crippen molar-refractivity contribution in [2.75, 3.05) is 18.7 Å². The maximum absolute atomic E-state index is 13.0. The number of anilines is 1. The van der Waals surface area contributed by atoms with Gasteiger partial charge in [0.25, 0.3) is 0 Å². The van der Waals surface area contributed by atoms with Crippen LogP contribution < -0.4 is 14.8 Å². The molecule has 9 heteroatoms. The third-order valence-corrected chi connectivity index (χ3v) is 5.14. The van der Waals surface area contributed by atoms with Crippen molar-refractivity contribution in [1.29, 1.82) is 0 Å². The Hall–Kier alpha value is -3.75. The van der Waals surface area contributed by atoms with Crippen LogP contribution in [-0.2, 0) is 22.6 Å². The Bertz CT molecular complexity index is 1020. The normalized spacial score (nSPS) is 17.1. The zero-order chi connectivity index (χ0) is 21.3. The number of carboxylic acid groups (broad SMARTS) is 2. The van der Waals surface area contributed by atoms with Crippen molar-refractivity contribution in [2.45, 2.75) is 25.4 Å². The molecule has 1 unspecified atom stereocenters. The summed E-state index contributed by atoms with van der Waals surface area (Å²) in [5.74, 6) is -1.18. The van der Waals surface area contributed by atoms with E-state index in [2.05, 4.69) is 5.32 Å². The van der Waals surface area contributed by atoms with E-state index in [4.69, 9.17) is 9.47 Å². The Morgan fingerprint density at radius 1 is 1.10 bits per heavy atom. The predicted octanol–water partition coefficient (Wildman–Crippen LogP) is 1.95. The molecule has 0 saturated carbocycles. The number of carbonyl (C=O) groups is 3. The largest absolute Gasteiger partial charge is 0.481 e. The van der Waals surface area contributed by atoms with Crippen molar-refractivity contribution in [3.05, 3.63) is 53.1 Å². The van der Waals surface area contributed by atoms with Gasteiger partial charge in [-0.15, -0.1) is 0 Å². The Kier molecular flexibility index (Phi) is 5.18. The average Bonchev–Trinajstić information content (AvgIpc) is 3.13. The van der Waals surface area contributed by atoms with E-state index in [1.54, 1.807) is 11.0 Å². The minimum Gasteiger partial charge on any atom is -0.481 e. The van der Waals surface area contributed by atoms with Crippen LogP contribution in [0.1, 0.15) is 27.9 Å². The zero-order valence-electron chi connectivity index (χ0n) is 16.0. The highest BCUT2D eigenvalue weighted by Gasteiger charge is 2.31. The van der Waals surface area contributed by atoms with Gasteiger partial charge in [0, 0.05) is 18.8 Å². The van der Waals surface area contributed by atoms with Gasteiger partial charge in [-0.3, -0.25) is 9.59 Å². The minimum atomic E-state index is -1.10. The van der Waals surface area contributed by atoms with E-state index in [-0.39, 0.29) is 31.2 Å². The summed E-state index contributed by atoms with van der Waals surface area (Å²) in [6, 6.07) is 9.13. The van der Waals surface area contributed by atoms with Gasteiger partial charge in [-0.1, -0.05) is 6.07 Å². The van der Waals surface area contributed by atoms with Gasteiger partial charge in [-0.25, -0.2) is 4.79 Å². The molecule has 1 amide bonds. The fraction of sp³-hybridized carbons (Fsp3) is 0.286. The van der Waals surface area contributed by atoms with Crippen LogP contribution in [0.4, 0.5) is 5.69 Å². The molecule has 1 atom stereocenters. The SMILES string of the molecule is O=C(O)CC1Nc2ccc(C(=O)O)cc2CN(CCc2ccc3c(c2)OCO3)C1=O. The quantitative estimate of drug-likeness (QED) is 0.657. The van der Waals surface area contributed by atoms with Gasteiger partial charge in [0.1, 0.15) is 6.04 Å². The number of carbonyl (C=O) groups excluding carboxylic acids is 1. The molecule has 0 aromatic heterocycles. The number of hydrogen-bond donors (Lipinski definition) is 3. The fourth-order valence-corrected chi connectivity index (χ4v) is 3.61. The molecular weight excluding hydrogens is 392 g/mol. The smallest absolute Gasteiger partial charge is 0.335 e. The first kappa shape index (κ1) is 19.6. The molecule has 30 heavy (non-hydrogen) atoms. The Balaban J connectivity index is 1.58. The number of ether oxygens (including phenoxy) is 2. The number of fused-ring (bicyclic) bond motifs is 2. The van der Waals surface area contributed by atoms with E-state index in [0.29, 0.717) is 35.7 Å². The number of rotatable bonds is 6. The van der Waals surface area contributed by atoms with Crippen molar-refractivity contribution in [3.8, 4) is 11.5 Å². The third kappa shape index (κ3) is 4.00. The highest BCUT2D eigenvalue weighted by Crippen LogP contribution is 2.33. The van der Waals surface area contributed by atoms with E-state index in [0.717, 1.165) is 5.56 Å². The summed E-state index contributed by atoms with van der Waals surface area (Å²) in [6.45, 7) is 0.699. The molecule has 0 radical (unpaired) electrons. The second-order valence-corrected chi connectivity index (χ2v) is 7.17. The van der Waals surface area contributed by atoms with Crippen LogP contribution in [-0.4, -0.2) is 52.3 Å². The number of aliphatic carboxylic acids is 1. The number of benzene rings is 2. The van der Waals surface area contributed by atoms with Crippen molar-refractivity contribution in [1.82, 2.24) is 4.90 Å². The Morgan fingerprint density at radius 2 is 1.90 bits per heavy atom. The summed E-state index contributed by atoms with van der Waals surface area (Å²) < 4.78 is 10.7. The first-order valence-corrected chi connectivity index (χ1v) is 9.42. The summed E-state index contributed by atoms with van der Waals surface area (Å²) in [4.78, 5) is 37.2. The Morgan fingerprint density at radius 3 is 2.67 bits per heavy atom. The van der Waals surface area contributed by atoms with Crippen LogP contribution in [0.15, 0.2) is 36.4 Å². The molecule has 0 bridgehead atoms. The van der Waals surface area contributed by atoms with Crippen molar-refractivity contribution in [2.24, 2.45) is 0 Å². The number of nitrogens with one attached hydrogen (secondary N) is 1. The number of aromatic carboxylic acids is 1.